The zero-order chi connectivity index (χ0) is 12.7. The predicted octanol–water partition coefficient (Wildman–Crippen LogP) is 2.78. The van der Waals surface area contributed by atoms with Gasteiger partial charge < -0.3 is 10.1 Å². The van der Waals surface area contributed by atoms with Gasteiger partial charge in [0.25, 0.3) is 0 Å². The average molecular weight is 256 g/mol. The highest BCUT2D eigenvalue weighted by molar-refractivity contribution is 7.11. The van der Waals surface area contributed by atoms with Crippen LogP contribution in [0.1, 0.15) is 35.8 Å². The fourth-order valence-corrected chi connectivity index (χ4v) is 2.68. The predicted molar refractivity (Wildman–Crippen MR) is 73.6 cm³/mol. The van der Waals surface area contributed by atoms with Crippen molar-refractivity contribution < 1.29 is 4.74 Å². The Labute approximate surface area is 109 Å². The quantitative estimate of drug-likeness (QED) is 0.726. The second-order valence-corrected chi connectivity index (χ2v) is 5.91. The largest absolute Gasteiger partial charge is 0.385 e. The van der Waals surface area contributed by atoms with Crippen molar-refractivity contribution in [3.63, 3.8) is 0 Å². The van der Waals surface area contributed by atoms with Gasteiger partial charge in [-0.2, -0.15) is 0 Å². The third kappa shape index (κ3) is 5.61. The molecule has 1 heterocycles. The molecule has 0 atom stereocenters. The molecule has 0 aliphatic carbocycles. The number of nitrogens with zero attached hydrogens (tertiary/aromatic N) is 1. The van der Waals surface area contributed by atoms with Gasteiger partial charge in [-0.15, -0.1) is 11.3 Å². The van der Waals surface area contributed by atoms with Crippen molar-refractivity contribution in [3.8, 4) is 0 Å². The van der Waals surface area contributed by atoms with Gasteiger partial charge in [0.2, 0.25) is 0 Å². The molecule has 4 heteroatoms. The van der Waals surface area contributed by atoms with Crippen molar-refractivity contribution in [3.05, 3.63) is 15.6 Å². The molecule has 17 heavy (non-hydrogen) atoms. The van der Waals surface area contributed by atoms with Crippen molar-refractivity contribution in [1.82, 2.24) is 10.3 Å². The molecule has 1 aromatic heterocycles. The summed E-state index contributed by atoms with van der Waals surface area (Å²) in [6.07, 6.45) is 2.09. The van der Waals surface area contributed by atoms with Gasteiger partial charge in [-0.1, -0.05) is 13.8 Å². The number of thiazole rings is 1. The lowest BCUT2D eigenvalue weighted by atomic mass is 10.2. The van der Waals surface area contributed by atoms with E-state index in [1.54, 1.807) is 7.11 Å². The second kappa shape index (κ2) is 7.80. The topological polar surface area (TPSA) is 34.1 Å². The third-order valence-corrected chi connectivity index (χ3v) is 3.73. The van der Waals surface area contributed by atoms with E-state index in [1.165, 1.54) is 15.6 Å². The minimum absolute atomic E-state index is 0.699. The Balaban J connectivity index is 2.39. The first-order valence-corrected chi connectivity index (χ1v) is 7.10. The minimum atomic E-state index is 0.699. The molecule has 0 unspecified atom stereocenters. The molecule has 0 fully saturated rings. The van der Waals surface area contributed by atoms with Crippen LogP contribution >= 0.6 is 11.3 Å². The molecule has 98 valence electrons. The first-order chi connectivity index (χ1) is 8.13. The van der Waals surface area contributed by atoms with Crippen LogP contribution in [0, 0.1) is 12.8 Å². The van der Waals surface area contributed by atoms with E-state index in [-0.39, 0.29) is 0 Å². The molecule has 1 rings (SSSR count). The van der Waals surface area contributed by atoms with Crippen molar-refractivity contribution in [2.45, 2.75) is 40.2 Å². The summed E-state index contributed by atoms with van der Waals surface area (Å²) in [4.78, 5) is 5.98. The Kier molecular flexibility index (Phi) is 6.70. The van der Waals surface area contributed by atoms with E-state index in [0.717, 1.165) is 32.5 Å². The van der Waals surface area contributed by atoms with E-state index < -0.39 is 0 Å². The van der Waals surface area contributed by atoms with Crippen molar-refractivity contribution in [2.24, 2.45) is 5.92 Å². The molecule has 1 N–H and O–H groups in total. The molecule has 3 nitrogen and oxygen atoms in total. The first-order valence-electron chi connectivity index (χ1n) is 6.28. The van der Waals surface area contributed by atoms with Gasteiger partial charge in [0.1, 0.15) is 0 Å². The average Bonchev–Trinajstić information content (AvgIpc) is 2.60. The lowest BCUT2D eigenvalue weighted by molar-refractivity contribution is 0.195. The highest BCUT2D eigenvalue weighted by Gasteiger charge is 2.07. The number of nitrogens with one attached hydrogen (secondary N) is 1. The van der Waals surface area contributed by atoms with E-state index >= 15 is 0 Å². The number of rotatable bonds is 8. The van der Waals surface area contributed by atoms with Crippen LogP contribution in [-0.4, -0.2) is 25.2 Å². The molecule has 0 radical (unpaired) electrons. The lowest BCUT2D eigenvalue weighted by Gasteiger charge is -2.05. The van der Waals surface area contributed by atoms with Gasteiger partial charge >= 0.3 is 0 Å². The molecule has 0 bridgehead atoms. The third-order valence-electron chi connectivity index (χ3n) is 2.51. The summed E-state index contributed by atoms with van der Waals surface area (Å²) in [5.74, 6) is 0.699. The Bertz CT molecular complexity index is 323. The van der Waals surface area contributed by atoms with Crippen LogP contribution in [0.3, 0.4) is 0 Å². The Morgan fingerprint density at radius 1 is 1.41 bits per heavy atom. The standard InChI is InChI=1S/C13H24N2OS/c1-10(2)8-14-9-12-11(3)15-13(17-12)6-5-7-16-4/h10,14H,5-9H2,1-4H3. The summed E-state index contributed by atoms with van der Waals surface area (Å²) in [5, 5.41) is 4.71. The van der Waals surface area contributed by atoms with Gasteiger partial charge in [-0.25, -0.2) is 4.98 Å². The summed E-state index contributed by atoms with van der Waals surface area (Å²) in [6, 6.07) is 0. The SMILES string of the molecule is COCCCc1nc(C)c(CNCC(C)C)s1. The molecule has 0 aromatic carbocycles. The van der Waals surface area contributed by atoms with Gasteiger partial charge in [0, 0.05) is 31.6 Å². The molecule has 0 saturated heterocycles. The molecular formula is C13H24N2OS. The number of ether oxygens (including phenoxy) is 1. The number of hydrogen-bond acceptors (Lipinski definition) is 4. The number of hydrogen-bond donors (Lipinski definition) is 1. The van der Waals surface area contributed by atoms with Crippen LogP contribution in [0.2, 0.25) is 0 Å². The van der Waals surface area contributed by atoms with Crippen molar-refractivity contribution in [2.75, 3.05) is 20.3 Å². The number of methoxy groups -OCH3 is 1. The van der Waals surface area contributed by atoms with E-state index in [1.807, 2.05) is 11.3 Å². The number of aromatic nitrogens is 1. The Morgan fingerprint density at radius 2 is 2.18 bits per heavy atom. The van der Waals surface area contributed by atoms with E-state index in [0.29, 0.717) is 5.92 Å². The first kappa shape index (κ1) is 14.6. The summed E-state index contributed by atoms with van der Waals surface area (Å²) in [5.41, 5.74) is 1.18. The summed E-state index contributed by atoms with van der Waals surface area (Å²) < 4.78 is 5.06. The summed E-state index contributed by atoms with van der Waals surface area (Å²) in [7, 11) is 1.74. The van der Waals surface area contributed by atoms with Crippen molar-refractivity contribution in [1.29, 1.82) is 0 Å². The zero-order valence-corrected chi connectivity index (χ0v) is 12.2. The fraction of sp³-hybridized carbons (Fsp3) is 0.769. The molecule has 0 spiro atoms. The maximum Gasteiger partial charge on any atom is 0.0932 e. The van der Waals surface area contributed by atoms with Crippen LogP contribution in [0.5, 0.6) is 0 Å². The van der Waals surface area contributed by atoms with Crippen molar-refractivity contribution >= 4 is 11.3 Å². The van der Waals surface area contributed by atoms with Crippen LogP contribution in [-0.2, 0) is 17.7 Å². The smallest absolute Gasteiger partial charge is 0.0932 e. The molecule has 0 saturated carbocycles. The van der Waals surface area contributed by atoms with Crippen LogP contribution in [0.25, 0.3) is 0 Å². The lowest BCUT2D eigenvalue weighted by Crippen LogP contribution is -2.18. The normalized spacial score (nSPS) is 11.4. The Morgan fingerprint density at radius 3 is 2.82 bits per heavy atom. The summed E-state index contributed by atoms with van der Waals surface area (Å²) >= 11 is 1.83. The van der Waals surface area contributed by atoms with E-state index in [2.05, 4.69) is 31.1 Å². The maximum atomic E-state index is 5.06. The molecule has 1 aromatic rings. The maximum absolute atomic E-state index is 5.06. The van der Waals surface area contributed by atoms with E-state index in [4.69, 9.17) is 4.74 Å². The van der Waals surface area contributed by atoms with Gasteiger partial charge in [0.15, 0.2) is 0 Å². The highest BCUT2D eigenvalue weighted by atomic mass is 32.1. The zero-order valence-electron chi connectivity index (χ0n) is 11.4. The molecule has 0 aliphatic heterocycles. The van der Waals surface area contributed by atoms with E-state index in [9.17, 15) is 0 Å². The van der Waals surface area contributed by atoms with Crippen LogP contribution in [0.4, 0.5) is 0 Å². The molecule has 0 aliphatic rings. The van der Waals surface area contributed by atoms with Gasteiger partial charge in [-0.3, -0.25) is 0 Å². The van der Waals surface area contributed by atoms with Crippen LogP contribution in [0.15, 0.2) is 0 Å². The van der Waals surface area contributed by atoms with Gasteiger partial charge in [0.05, 0.1) is 10.7 Å². The Hall–Kier alpha value is -0.450. The summed E-state index contributed by atoms with van der Waals surface area (Å²) in [6.45, 7) is 9.38. The van der Waals surface area contributed by atoms with Gasteiger partial charge in [-0.05, 0) is 25.8 Å². The highest BCUT2D eigenvalue weighted by Crippen LogP contribution is 2.19. The second-order valence-electron chi connectivity index (χ2n) is 4.74. The monoisotopic (exact) mass is 256 g/mol. The molecule has 0 amide bonds. The molecular weight excluding hydrogens is 232 g/mol. The fourth-order valence-electron chi connectivity index (χ4n) is 1.60. The minimum Gasteiger partial charge on any atom is -0.385 e. The van der Waals surface area contributed by atoms with Crippen LogP contribution < -0.4 is 5.32 Å². The number of aryl methyl sites for hydroxylation is 2.